The highest BCUT2D eigenvalue weighted by molar-refractivity contribution is 8.14. The number of thioether (sulfide) groups is 1. The molecule has 1 aliphatic rings. The van der Waals surface area contributed by atoms with Crippen molar-refractivity contribution in [1.29, 1.82) is 0 Å². The number of thiophene rings is 1. The van der Waals surface area contributed by atoms with Crippen molar-refractivity contribution < 1.29 is 9.53 Å². The first-order valence-electron chi connectivity index (χ1n) is 6.91. The average Bonchev–Trinajstić information content (AvgIpc) is 3.17. The van der Waals surface area contributed by atoms with Gasteiger partial charge in [-0.25, -0.2) is 0 Å². The lowest BCUT2D eigenvalue weighted by molar-refractivity contribution is 0.0982. The normalized spacial score (nSPS) is 13.8. The first kappa shape index (κ1) is 15.1. The Morgan fingerprint density at radius 2 is 2.09 bits per heavy atom. The maximum absolute atomic E-state index is 12.3. The van der Waals surface area contributed by atoms with E-state index in [0.717, 1.165) is 39.2 Å². The lowest BCUT2D eigenvalue weighted by Gasteiger charge is -2.02. The molecule has 2 heterocycles. The fraction of sp³-hybridized carbons (Fsp3) is 0.250. The number of aliphatic imine (C=N–C) groups is 1. The molecule has 1 aromatic carbocycles. The van der Waals surface area contributed by atoms with E-state index in [9.17, 15) is 4.79 Å². The zero-order valence-electron chi connectivity index (χ0n) is 12.4. The smallest absolute Gasteiger partial charge is 0.267 e. The van der Waals surface area contributed by atoms with E-state index in [1.54, 1.807) is 18.9 Å². The third-order valence-electron chi connectivity index (χ3n) is 3.35. The summed E-state index contributed by atoms with van der Waals surface area (Å²) in [6.07, 6.45) is 0. The van der Waals surface area contributed by atoms with Crippen LogP contribution in [-0.2, 0) is 0 Å². The Hall–Kier alpha value is -1.79. The van der Waals surface area contributed by atoms with Crippen LogP contribution in [0.3, 0.4) is 0 Å². The number of nitrogens with one attached hydrogen (secondary N) is 1. The van der Waals surface area contributed by atoms with Gasteiger partial charge in [0.2, 0.25) is 0 Å². The van der Waals surface area contributed by atoms with Crippen LogP contribution in [0.25, 0.3) is 11.1 Å². The summed E-state index contributed by atoms with van der Waals surface area (Å²) in [6, 6.07) is 9.81. The van der Waals surface area contributed by atoms with Crippen molar-refractivity contribution in [2.75, 3.05) is 19.4 Å². The van der Waals surface area contributed by atoms with Crippen LogP contribution < -0.4 is 10.1 Å². The SMILES string of the molecule is COc1ccc(-c2cc(C(=O)NC3=NCCS3)sc2C)cc1. The molecule has 0 spiro atoms. The van der Waals surface area contributed by atoms with Gasteiger partial charge in [-0.05, 0) is 36.2 Å². The monoisotopic (exact) mass is 332 g/mol. The highest BCUT2D eigenvalue weighted by Crippen LogP contribution is 2.32. The summed E-state index contributed by atoms with van der Waals surface area (Å²) in [7, 11) is 1.65. The molecular formula is C16H16N2O2S2. The molecule has 0 unspecified atom stereocenters. The third kappa shape index (κ3) is 3.18. The zero-order chi connectivity index (χ0) is 15.5. The van der Waals surface area contributed by atoms with E-state index in [2.05, 4.69) is 10.3 Å². The van der Waals surface area contributed by atoms with E-state index in [1.165, 1.54) is 11.3 Å². The molecule has 3 rings (SSSR count). The number of nitrogens with zero attached hydrogens (tertiary/aromatic N) is 1. The molecular weight excluding hydrogens is 316 g/mol. The molecule has 0 saturated heterocycles. The summed E-state index contributed by atoms with van der Waals surface area (Å²) < 4.78 is 5.18. The number of hydrogen-bond acceptors (Lipinski definition) is 5. The number of aryl methyl sites for hydroxylation is 1. The van der Waals surface area contributed by atoms with Crippen molar-refractivity contribution in [3.05, 3.63) is 40.1 Å². The molecule has 114 valence electrons. The lowest BCUT2D eigenvalue weighted by Crippen LogP contribution is -2.26. The van der Waals surface area contributed by atoms with Crippen molar-refractivity contribution in [3.63, 3.8) is 0 Å². The summed E-state index contributed by atoms with van der Waals surface area (Å²) in [5, 5.41) is 3.59. The number of carbonyl (C=O) groups excluding carboxylic acids is 1. The van der Waals surface area contributed by atoms with Gasteiger partial charge in [0.1, 0.15) is 5.75 Å². The molecule has 0 bridgehead atoms. The van der Waals surface area contributed by atoms with Gasteiger partial charge in [0.15, 0.2) is 5.17 Å². The predicted molar refractivity (Wildman–Crippen MR) is 93.3 cm³/mol. The van der Waals surface area contributed by atoms with Gasteiger partial charge < -0.3 is 10.1 Å². The van der Waals surface area contributed by atoms with Crippen LogP contribution in [0.5, 0.6) is 5.75 Å². The minimum Gasteiger partial charge on any atom is -0.497 e. The molecule has 1 aromatic heterocycles. The lowest BCUT2D eigenvalue weighted by atomic mass is 10.1. The van der Waals surface area contributed by atoms with Crippen molar-refractivity contribution in [2.24, 2.45) is 4.99 Å². The standard InChI is InChI=1S/C16H16N2O2S2/c1-10-13(11-3-5-12(20-2)6-4-11)9-14(22-10)15(19)18-16-17-7-8-21-16/h3-6,9H,7-8H2,1-2H3,(H,17,18,19). The van der Waals surface area contributed by atoms with Gasteiger partial charge in [-0.2, -0.15) is 0 Å². The van der Waals surface area contributed by atoms with Crippen molar-refractivity contribution in [3.8, 4) is 16.9 Å². The summed E-state index contributed by atoms with van der Waals surface area (Å²) in [5.74, 6) is 1.68. The molecule has 1 aliphatic heterocycles. The van der Waals surface area contributed by atoms with Gasteiger partial charge in [-0.1, -0.05) is 23.9 Å². The molecule has 0 fully saturated rings. The first-order valence-corrected chi connectivity index (χ1v) is 8.71. The van der Waals surface area contributed by atoms with Crippen LogP contribution in [0.2, 0.25) is 0 Å². The van der Waals surface area contributed by atoms with Crippen LogP contribution in [0.15, 0.2) is 35.3 Å². The van der Waals surface area contributed by atoms with Crippen LogP contribution >= 0.6 is 23.1 Å². The number of amidine groups is 1. The molecule has 6 heteroatoms. The minimum atomic E-state index is -0.0824. The molecule has 4 nitrogen and oxygen atoms in total. The Labute approximate surface area is 137 Å². The number of hydrogen-bond donors (Lipinski definition) is 1. The second-order valence-corrected chi connectivity index (χ2v) is 7.14. The first-order chi connectivity index (χ1) is 10.7. The Morgan fingerprint density at radius 1 is 1.32 bits per heavy atom. The minimum absolute atomic E-state index is 0.0824. The maximum atomic E-state index is 12.3. The van der Waals surface area contributed by atoms with Gasteiger partial charge in [-0.15, -0.1) is 11.3 Å². The fourth-order valence-electron chi connectivity index (χ4n) is 2.22. The number of methoxy groups -OCH3 is 1. The molecule has 0 aliphatic carbocycles. The predicted octanol–water partition coefficient (Wildman–Crippen LogP) is 3.56. The van der Waals surface area contributed by atoms with E-state index in [1.807, 2.05) is 37.3 Å². The van der Waals surface area contributed by atoms with Crippen LogP contribution in [0.1, 0.15) is 14.5 Å². The molecule has 0 radical (unpaired) electrons. The summed E-state index contributed by atoms with van der Waals surface area (Å²) in [6.45, 7) is 2.81. The van der Waals surface area contributed by atoms with Gasteiger partial charge in [0.25, 0.3) is 5.91 Å². The van der Waals surface area contributed by atoms with E-state index in [4.69, 9.17) is 4.74 Å². The highest BCUT2D eigenvalue weighted by Gasteiger charge is 2.16. The van der Waals surface area contributed by atoms with Crippen molar-refractivity contribution in [1.82, 2.24) is 5.32 Å². The largest absolute Gasteiger partial charge is 0.497 e. The second-order valence-electron chi connectivity index (χ2n) is 4.80. The van der Waals surface area contributed by atoms with Gasteiger partial charge in [-0.3, -0.25) is 9.79 Å². The average molecular weight is 332 g/mol. The quantitative estimate of drug-likeness (QED) is 0.935. The van der Waals surface area contributed by atoms with Crippen molar-refractivity contribution >= 4 is 34.2 Å². The molecule has 1 N–H and O–H groups in total. The van der Waals surface area contributed by atoms with Gasteiger partial charge in [0, 0.05) is 10.6 Å². The molecule has 0 saturated carbocycles. The van der Waals surface area contributed by atoms with Crippen LogP contribution in [0.4, 0.5) is 0 Å². The molecule has 22 heavy (non-hydrogen) atoms. The summed E-state index contributed by atoms with van der Waals surface area (Å²) >= 11 is 3.09. The van der Waals surface area contributed by atoms with E-state index >= 15 is 0 Å². The summed E-state index contributed by atoms with van der Waals surface area (Å²) in [4.78, 5) is 18.4. The van der Waals surface area contributed by atoms with Crippen LogP contribution in [-0.4, -0.2) is 30.5 Å². The highest BCUT2D eigenvalue weighted by atomic mass is 32.2. The van der Waals surface area contributed by atoms with Gasteiger partial charge >= 0.3 is 0 Å². The van der Waals surface area contributed by atoms with E-state index in [-0.39, 0.29) is 5.91 Å². The number of amides is 1. The summed E-state index contributed by atoms with van der Waals surface area (Å²) in [5.41, 5.74) is 2.17. The topological polar surface area (TPSA) is 50.7 Å². The Balaban J connectivity index is 1.81. The Morgan fingerprint density at radius 3 is 2.73 bits per heavy atom. The maximum Gasteiger partial charge on any atom is 0.267 e. The number of carbonyl (C=O) groups is 1. The van der Waals surface area contributed by atoms with Gasteiger partial charge in [0.05, 0.1) is 18.5 Å². The fourth-order valence-corrected chi connectivity index (χ4v) is 3.88. The number of ether oxygens (including phenoxy) is 1. The third-order valence-corrected chi connectivity index (χ3v) is 5.29. The van der Waals surface area contributed by atoms with E-state index in [0.29, 0.717) is 4.88 Å². The Kier molecular flexibility index (Phi) is 4.49. The van der Waals surface area contributed by atoms with Crippen LogP contribution in [0, 0.1) is 6.92 Å². The number of benzene rings is 1. The zero-order valence-corrected chi connectivity index (χ0v) is 14.0. The molecule has 1 amide bonds. The molecule has 0 atom stereocenters. The Bertz CT molecular complexity index is 720. The second kappa shape index (κ2) is 6.54. The van der Waals surface area contributed by atoms with Crippen molar-refractivity contribution in [2.45, 2.75) is 6.92 Å². The molecule has 2 aromatic rings. The van der Waals surface area contributed by atoms with E-state index < -0.39 is 0 Å². The number of rotatable bonds is 3.